The number of hydrogen-bond donors (Lipinski definition) is 0. The van der Waals surface area contributed by atoms with Crippen molar-refractivity contribution in [2.24, 2.45) is 0 Å². The third-order valence-electron chi connectivity index (χ3n) is 3.57. The molecule has 1 aromatic carbocycles. The van der Waals surface area contributed by atoms with Gasteiger partial charge < -0.3 is 0 Å². The molecule has 9 heteroatoms. The fourth-order valence-electron chi connectivity index (χ4n) is 2.40. The molecular formula is C15H10F3N3O3. The Kier molecular flexibility index (Phi) is 3.70. The summed E-state index contributed by atoms with van der Waals surface area (Å²) in [4.78, 5) is 36.8. The molecule has 0 radical (unpaired) electrons. The molecule has 0 atom stereocenters. The molecule has 0 saturated carbocycles. The van der Waals surface area contributed by atoms with Crippen molar-refractivity contribution in [2.45, 2.75) is 12.7 Å². The van der Waals surface area contributed by atoms with Crippen LogP contribution in [-0.2, 0) is 12.7 Å². The molecule has 24 heavy (non-hydrogen) atoms. The summed E-state index contributed by atoms with van der Waals surface area (Å²) in [6, 6.07) is 7.52. The zero-order valence-corrected chi connectivity index (χ0v) is 12.1. The zero-order valence-electron chi connectivity index (χ0n) is 12.1. The van der Waals surface area contributed by atoms with Crippen molar-refractivity contribution in [3.63, 3.8) is 0 Å². The highest BCUT2D eigenvalue weighted by atomic mass is 19.4. The maximum Gasteiger partial charge on any atom is 0.435 e. The van der Waals surface area contributed by atoms with E-state index in [2.05, 4.69) is 5.10 Å². The number of aromatic nitrogens is 2. The van der Waals surface area contributed by atoms with Crippen LogP contribution in [0.5, 0.6) is 0 Å². The summed E-state index contributed by atoms with van der Waals surface area (Å²) in [6.07, 6.45) is -4.69. The van der Waals surface area contributed by atoms with E-state index in [9.17, 15) is 27.6 Å². The standard InChI is InChI=1S/C15H10F3N3O3/c16-15(17,18)11-5-6-12(22)21(19-11)8-7-20-13(23)9-3-1-2-4-10(9)14(20)24/h1-6H,7-8H2. The molecule has 1 aromatic heterocycles. The van der Waals surface area contributed by atoms with Crippen LogP contribution in [0.1, 0.15) is 26.4 Å². The third kappa shape index (κ3) is 2.68. The minimum atomic E-state index is -4.69. The largest absolute Gasteiger partial charge is 0.435 e. The lowest BCUT2D eigenvalue weighted by Crippen LogP contribution is -2.36. The number of halogens is 3. The normalized spacial score (nSPS) is 14.2. The Morgan fingerprint density at radius 1 is 0.875 bits per heavy atom. The lowest BCUT2D eigenvalue weighted by molar-refractivity contribution is -0.142. The number of carbonyl (C=O) groups is 2. The number of amides is 2. The van der Waals surface area contributed by atoms with Crippen LogP contribution in [0.2, 0.25) is 0 Å². The van der Waals surface area contributed by atoms with Crippen LogP contribution in [0.3, 0.4) is 0 Å². The zero-order chi connectivity index (χ0) is 17.5. The van der Waals surface area contributed by atoms with E-state index in [4.69, 9.17) is 0 Å². The van der Waals surface area contributed by atoms with Crippen LogP contribution in [0, 0.1) is 0 Å². The van der Waals surface area contributed by atoms with E-state index in [-0.39, 0.29) is 24.2 Å². The first-order valence-electron chi connectivity index (χ1n) is 6.89. The number of rotatable bonds is 3. The highest BCUT2D eigenvalue weighted by Crippen LogP contribution is 2.26. The molecule has 1 aliphatic heterocycles. The predicted octanol–water partition coefficient (Wildman–Crippen LogP) is 1.56. The van der Waals surface area contributed by atoms with Gasteiger partial charge >= 0.3 is 6.18 Å². The first kappa shape index (κ1) is 15.9. The number of hydrogen-bond acceptors (Lipinski definition) is 4. The number of alkyl halides is 3. The van der Waals surface area contributed by atoms with Gasteiger partial charge in [0.1, 0.15) is 0 Å². The van der Waals surface area contributed by atoms with Crippen LogP contribution in [0.25, 0.3) is 0 Å². The first-order chi connectivity index (χ1) is 11.3. The molecule has 2 heterocycles. The molecule has 3 rings (SSSR count). The molecule has 124 valence electrons. The minimum absolute atomic E-state index is 0.229. The van der Waals surface area contributed by atoms with E-state index in [0.717, 1.165) is 11.0 Å². The maximum atomic E-state index is 12.6. The number of carbonyl (C=O) groups excluding carboxylic acids is 2. The van der Waals surface area contributed by atoms with E-state index >= 15 is 0 Å². The molecule has 2 amide bonds. The van der Waals surface area contributed by atoms with E-state index in [1.54, 1.807) is 12.1 Å². The Balaban J connectivity index is 1.82. The molecule has 0 unspecified atom stereocenters. The van der Waals surface area contributed by atoms with Gasteiger partial charge in [-0.3, -0.25) is 19.3 Å². The van der Waals surface area contributed by atoms with E-state index in [0.29, 0.717) is 10.7 Å². The highest BCUT2D eigenvalue weighted by molar-refractivity contribution is 6.21. The summed E-state index contributed by atoms with van der Waals surface area (Å²) in [5.41, 5.74) is -1.51. The summed E-state index contributed by atoms with van der Waals surface area (Å²) in [5, 5.41) is 3.23. The van der Waals surface area contributed by atoms with Crippen molar-refractivity contribution in [1.82, 2.24) is 14.7 Å². The van der Waals surface area contributed by atoms with E-state index in [1.807, 2.05) is 0 Å². The molecule has 2 aromatic rings. The molecule has 0 N–H and O–H groups in total. The van der Waals surface area contributed by atoms with Crippen molar-refractivity contribution in [3.8, 4) is 0 Å². The third-order valence-corrected chi connectivity index (χ3v) is 3.57. The Morgan fingerprint density at radius 2 is 1.46 bits per heavy atom. The summed E-state index contributed by atoms with van der Waals surface area (Å²) < 4.78 is 38.5. The van der Waals surface area contributed by atoms with Crippen LogP contribution in [-0.4, -0.2) is 33.0 Å². The first-order valence-corrected chi connectivity index (χ1v) is 6.89. The van der Waals surface area contributed by atoms with Crippen molar-refractivity contribution >= 4 is 11.8 Å². The van der Waals surface area contributed by atoms with E-state index in [1.165, 1.54) is 12.1 Å². The van der Waals surface area contributed by atoms with Crippen LogP contribution in [0.4, 0.5) is 13.2 Å². The van der Waals surface area contributed by atoms with Crippen molar-refractivity contribution < 1.29 is 22.8 Å². The average Bonchev–Trinajstić information content (AvgIpc) is 2.78. The van der Waals surface area contributed by atoms with Crippen LogP contribution < -0.4 is 5.56 Å². The second kappa shape index (κ2) is 5.59. The molecule has 0 spiro atoms. The summed E-state index contributed by atoms with van der Waals surface area (Å²) in [7, 11) is 0. The van der Waals surface area contributed by atoms with Crippen LogP contribution in [0.15, 0.2) is 41.2 Å². The Hall–Kier alpha value is -2.97. The lowest BCUT2D eigenvalue weighted by Gasteiger charge is -2.15. The van der Waals surface area contributed by atoms with Gasteiger partial charge in [0.05, 0.1) is 17.7 Å². The number of imide groups is 1. The minimum Gasteiger partial charge on any atom is -0.272 e. The van der Waals surface area contributed by atoms with Crippen molar-refractivity contribution in [1.29, 1.82) is 0 Å². The highest BCUT2D eigenvalue weighted by Gasteiger charge is 2.35. The van der Waals surface area contributed by atoms with Gasteiger partial charge in [-0.1, -0.05) is 12.1 Å². The quantitative estimate of drug-likeness (QED) is 0.797. The smallest absolute Gasteiger partial charge is 0.272 e. The molecule has 0 fully saturated rings. The monoisotopic (exact) mass is 337 g/mol. The molecule has 1 aliphatic rings. The van der Waals surface area contributed by atoms with Gasteiger partial charge in [-0.05, 0) is 18.2 Å². The van der Waals surface area contributed by atoms with Crippen LogP contribution >= 0.6 is 0 Å². The summed E-state index contributed by atoms with van der Waals surface area (Å²) in [5.74, 6) is -1.09. The van der Waals surface area contributed by atoms with Gasteiger partial charge in [0.2, 0.25) is 0 Å². The second-order valence-corrected chi connectivity index (χ2v) is 5.09. The van der Waals surface area contributed by atoms with Gasteiger partial charge in [0.15, 0.2) is 5.69 Å². The van der Waals surface area contributed by atoms with Crippen molar-refractivity contribution in [3.05, 3.63) is 63.6 Å². The number of fused-ring (bicyclic) bond motifs is 1. The molecule has 0 bridgehead atoms. The van der Waals surface area contributed by atoms with Gasteiger partial charge in [-0.15, -0.1) is 0 Å². The van der Waals surface area contributed by atoms with Gasteiger partial charge in [-0.2, -0.15) is 18.3 Å². The summed E-state index contributed by atoms with van der Waals surface area (Å²) >= 11 is 0. The van der Waals surface area contributed by atoms with Gasteiger partial charge in [0.25, 0.3) is 17.4 Å². The van der Waals surface area contributed by atoms with Gasteiger partial charge in [0, 0.05) is 12.6 Å². The predicted molar refractivity (Wildman–Crippen MR) is 75.3 cm³/mol. The molecule has 6 nitrogen and oxygen atoms in total. The molecular weight excluding hydrogens is 327 g/mol. The SMILES string of the molecule is O=C1c2ccccc2C(=O)N1CCn1nc(C(F)(F)F)ccc1=O. The Labute approximate surface area is 133 Å². The average molecular weight is 337 g/mol. The topological polar surface area (TPSA) is 72.3 Å². The fraction of sp³-hybridized carbons (Fsp3) is 0.200. The Bertz CT molecular complexity index is 854. The fourth-order valence-corrected chi connectivity index (χ4v) is 2.40. The Morgan fingerprint density at radius 3 is 2.00 bits per heavy atom. The molecule has 0 saturated heterocycles. The lowest BCUT2D eigenvalue weighted by atomic mass is 10.1. The number of nitrogens with zero attached hydrogens (tertiary/aromatic N) is 3. The van der Waals surface area contributed by atoms with Gasteiger partial charge in [-0.25, -0.2) is 4.68 Å². The van der Waals surface area contributed by atoms with E-state index < -0.39 is 29.2 Å². The summed E-state index contributed by atoms with van der Waals surface area (Å²) in [6.45, 7) is -0.575. The maximum absolute atomic E-state index is 12.6. The molecule has 0 aliphatic carbocycles. The number of benzene rings is 1. The van der Waals surface area contributed by atoms with Crippen molar-refractivity contribution in [2.75, 3.05) is 6.54 Å². The second-order valence-electron chi connectivity index (χ2n) is 5.09.